The van der Waals surface area contributed by atoms with E-state index in [2.05, 4.69) is 31.2 Å². The minimum Gasteiger partial charge on any atom is -0.351 e. The number of hydrogen-bond acceptors (Lipinski definition) is 3. The number of nitrogens with one attached hydrogen (secondary N) is 2. The van der Waals surface area contributed by atoms with E-state index in [9.17, 15) is 4.79 Å². The molecule has 0 aliphatic heterocycles. The van der Waals surface area contributed by atoms with Gasteiger partial charge in [0.05, 0.1) is 0 Å². The Morgan fingerprint density at radius 3 is 3.12 bits per heavy atom. The maximum absolute atomic E-state index is 11.7. The number of aromatic nitrogens is 2. The highest BCUT2D eigenvalue weighted by Crippen LogP contribution is 2.22. The number of H-pyrrole nitrogens is 1. The maximum atomic E-state index is 11.7. The number of imidazole rings is 1. The number of nitrogens with zero attached hydrogens (tertiary/aromatic N) is 1. The molecule has 0 atom stereocenters. The minimum atomic E-state index is -0.0477. The molecule has 16 heavy (non-hydrogen) atoms. The number of rotatable bonds is 4. The Hall–Kier alpha value is -1.14. The smallest absolute Gasteiger partial charge is 0.262 e. The molecule has 0 radical (unpaired) electrons. The molecule has 6 heteroatoms. The fourth-order valence-electron chi connectivity index (χ4n) is 1.27. The van der Waals surface area contributed by atoms with E-state index in [1.54, 1.807) is 12.4 Å². The number of thiophene rings is 1. The molecule has 0 fully saturated rings. The number of amides is 1. The van der Waals surface area contributed by atoms with Crippen molar-refractivity contribution in [1.82, 2.24) is 15.3 Å². The zero-order valence-electron chi connectivity index (χ0n) is 8.37. The number of halogens is 1. The first-order chi connectivity index (χ1) is 7.77. The number of carbonyl (C=O) groups is 1. The van der Waals surface area contributed by atoms with Crippen LogP contribution in [0.1, 0.15) is 15.5 Å². The fraction of sp³-hybridized carbons (Fsp3) is 0.200. The Morgan fingerprint density at radius 1 is 1.62 bits per heavy atom. The van der Waals surface area contributed by atoms with Crippen LogP contribution in [0.25, 0.3) is 0 Å². The van der Waals surface area contributed by atoms with Gasteiger partial charge in [-0.05, 0) is 27.4 Å². The van der Waals surface area contributed by atoms with Crippen LogP contribution in [0.15, 0.2) is 28.3 Å². The Morgan fingerprint density at radius 2 is 2.50 bits per heavy atom. The Kier molecular flexibility index (Phi) is 3.74. The van der Waals surface area contributed by atoms with Gasteiger partial charge in [0.1, 0.15) is 10.7 Å². The van der Waals surface area contributed by atoms with E-state index < -0.39 is 0 Å². The lowest BCUT2D eigenvalue weighted by atomic mass is 10.4. The Labute approximate surface area is 105 Å². The largest absolute Gasteiger partial charge is 0.351 e. The topological polar surface area (TPSA) is 57.8 Å². The molecule has 2 aromatic rings. The van der Waals surface area contributed by atoms with Gasteiger partial charge in [-0.1, -0.05) is 0 Å². The van der Waals surface area contributed by atoms with E-state index in [0.717, 1.165) is 10.3 Å². The second-order valence-corrected chi connectivity index (χ2v) is 4.91. The molecular weight excluding hydrogens is 290 g/mol. The zero-order chi connectivity index (χ0) is 11.4. The van der Waals surface area contributed by atoms with Gasteiger partial charge in [0, 0.05) is 29.8 Å². The molecule has 0 saturated carbocycles. The van der Waals surface area contributed by atoms with Crippen LogP contribution in [-0.4, -0.2) is 22.4 Å². The van der Waals surface area contributed by atoms with Crippen LogP contribution in [0.2, 0.25) is 0 Å². The van der Waals surface area contributed by atoms with Crippen LogP contribution in [0.4, 0.5) is 0 Å². The summed E-state index contributed by atoms with van der Waals surface area (Å²) in [6, 6.07) is 1.87. The molecule has 1 amide bonds. The van der Waals surface area contributed by atoms with Crippen molar-refractivity contribution < 1.29 is 4.79 Å². The second-order valence-electron chi connectivity index (χ2n) is 3.14. The van der Waals surface area contributed by atoms with Crippen LogP contribution in [0, 0.1) is 0 Å². The van der Waals surface area contributed by atoms with Crippen molar-refractivity contribution >= 4 is 33.2 Å². The molecule has 2 aromatic heterocycles. The predicted molar refractivity (Wildman–Crippen MR) is 66.6 cm³/mol. The molecule has 0 saturated heterocycles. The summed E-state index contributed by atoms with van der Waals surface area (Å²) in [7, 11) is 0. The van der Waals surface area contributed by atoms with Crippen molar-refractivity contribution in [3.05, 3.63) is 39.0 Å². The van der Waals surface area contributed by atoms with Gasteiger partial charge >= 0.3 is 0 Å². The molecule has 4 nitrogen and oxygen atoms in total. The van der Waals surface area contributed by atoms with Crippen molar-refractivity contribution in [2.45, 2.75) is 6.42 Å². The van der Waals surface area contributed by atoms with E-state index in [1.807, 2.05) is 11.4 Å². The third-order valence-corrected chi connectivity index (χ3v) is 3.86. The van der Waals surface area contributed by atoms with Crippen molar-refractivity contribution in [2.75, 3.05) is 6.54 Å². The number of carbonyl (C=O) groups excluding carboxylic acids is 1. The van der Waals surface area contributed by atoms with Crippen molar-refractivity contribution in [3.8, 4) is 0 Å². The lowest BCUT2D eigenvalue weighted by Gasteiger charge is -2.02. The quantitative estimate of drug-likeness (QED) is 0.909. The molecule has 2 heterocycles. The highest BCUT2D eigenvalue weighted by Gasteiger charge is 2.10. The first kappa shape index (κ1) is 11.3. The monoisotopic (exact) mass is 299 g/mol. The van der Waals surface area contributed by atoms with Gasteiger partial charge in [-0.3, -0.25) is 4.79 Å². The standard InChI is InChI=1S/C10H10BrN3OS/c11-7-2-6-16-9(7)10(15)14-3-1-8-12-4-5-13-8/h2,4-6H,1,3H2,(H,12,13)(H,14,15). The van der Waals surface area contributed by atoms with Gasteiger partial charge in [0.25, 0.3) is 5.91 Å². The van der Waals surface area contributed by atoms with E-state index >= 15 is 0 Å². The summed E-state index contributed by atoms with van der Waals surface area (Å²) < 4.78 is 0.841. The molecule has 0 aliphatic rings. The first-order valence-electron chi connectivity index (χ1n) is 4.77. The van der Waals surface area contributed by atoms with Crippen LogP contribution in [0.3, 0.4) is 0 Å². The number of hydrogen-bond donors (Lipinski definition) is 2. The average Bonchev–Trinajstić information content (AvgIpc) is 2.88. The number of aromatic amines is 1. The van der Waals surface area contributed by atoms with Crippen LogP contribution in [0.5, 0.6) is 0 Å². The van der Waals surface area contributed by atoms with Gasteiger partial charge in [-0.25, -0.2) is 4.98 Å². The third kappa shape index (κ3) is 2.70. The first-order valence-corrected chi connectivity index (χ1v) is 6.44. The molecule has 0 aromatic carbocycles. The van der Waals surface area contributed by atoms with Gasteiger partial charge in [-0.2, -0.15) is 0 Å². The molecule has 0 aliphatic carbocycles. The summed E-state index contributed by atoms with van der Waals surface area (Å²) in [6.45, 7) is 0.580. The van der Waals surface area contributed by atoms with E-state index in [0.29, 0.717) is 17.8 Å². The van der Waals surface area contributed by atoms with Crippen LogP contribution < -0.4 is 5.32 Å². The van der Waals surface area contributed by atoms with Crippen molar-refractivity contribution in [1.29, 1.82) is 0 Å². The highest BCUT2D eigenvalue weighted by atomic mass is 79.9. The molecule has 0 unspecified atom stereocenters. The normalized spacial score (nSPS) is 10.3. The Balaban J connectivity index is 1.83. The third-order valence-electron chi connectivity index (χ3n) is 2.03. The fourth-order valence-corrected chi connectivity index (χ4v) is 2.73. The molecule has 0 spiro atoms. The highest BCUT2D eigenvalue weighted by molar-refractivity contribution is 9.10. The summed E-state index contributed by atoms with van der Waals surface area (Å²) in [5.74, 6) is 0.832. The maximum Gasteiger partial charge on any atom is 0.262 e. The van der Waals surface area contributed by atoms with Crippen molar-refractivity contribution in [3.63, 3.8) is 0 Å². The van der Waals surface area contributed by atoms with Gasteiger partial charge in [-0.15, -0.1) is 11.3 Å². The zero-order valence-corrected chi connectivity index (χ0v) is 10.8. The summed E-state index contributed by atoms with van der Waals surface area (Å²) in [6.07, 6.45) is 4.18. The predicted octanol–water partition coefficient (Wildman–Crippen LogP) is 2.21. The molecule has 2 rings (SSSR count). The van der Waals surface area contributed by atoms with E-state index in [-0.39, 0.29) is 5.91 Å². The Bertz CT molecular complexity index is 466. The van der Waals surface area contributed by atoms with E-state index in [4.69, 9.17) is 0 Å². The van der Waals surface area contributed by atoms with E-state index in [1.165, 1.54) is 11.3 Å². The summed E-state index contributed by atoms with van der Waals surface area (Å²) >= 11 is 4.75. The van der Waals surface area contributed by atoms with Crippen molar-refractivity contribution in [2.24, 2.45) is 0 Å². The van der Waals surface area contributed by atoms with Crippen LogP contribution in [-0.2, 0) is 6.42 Å². The minimum absolute atomic E-state index is 0.0477. The SMILES string of the molecule is O=C(NCCc1ncc[nH]1)c1sccc1Br. The summed E-state index contributed by atoms with van der Waals surface area (Å²) in [4.78, 5) is 19.5. The van der Waals surface area contributed by atoms with Gasteiger partial charge < -0.3 is 10.3 Å². The summed E-state index contributed by atoms with van der Waals surface area (Å²) in [5.41, 5.74) is 0. The lowest BCUT2D eigenvalue weighted by molar-refractivity contribution is 0.0957. The molecule has 0 bridgehead atoms. The molecule has 84 valence electrons. The van der Waals surface area contributed by atoms with Gasteiger partial charge in [0.15, 0.2) is 0 Å². The second kappa shape index (κ2) is 5.27. The average molecular weight is 300 g/mol. The lowest BCUT2D eigenvalue weighted by Crippen LogP contribution is -2.25. The molecule has 2 N–H and O–H groups in total. The van der Waals surface area contributed by atoms with Gasteiger partial charge in [0.2, 0.25) is 0 Å². The summed E-state index contributed by atoms with van der Waals surface area (Å²) in [5, 5.41) is 4.73. The molecular formula is C10H10BrN3OS. The van der Waals surface area contributed by atoms with Crippen LogP contribution >= 0.6 is 27.3 Å².